The fourth-order valence-electron chi connectivity index (χ4n) is 6.20. The molecule has 0 spiro atoms. The molecular formula is C30H38F5N5O4S. The molecule has 1 saturated carbocycles. The Hall–Kier alpha value is -3.12. The van der Waals surface area contributed by atoms with E-state index in [-0.39, 0.29) is 48.9 Å². The van der Waals surface area contributed by atoms with Crippen molar-refractivity contribution in [3.8, 4) is 6.07 Å². The van der Waals surface area contributed by atoms with Crippen LogP contribution in [0.25, 0.3) is 0 Å². The zero-order valence-electron chi connectivity index (χ0n) is 25.9. The summed E-state index contributed by atoms with van der Waals surface area (Å²) < 4.78 is 81.7. The average molecular weight is 660 g/mol. The van der Waals surface area contributed by atoms with Crippen LogP contribution in [0.15, 0.2) is 12.3 Å². The molecule has 248 valence electrons. The first kappa shape index (κ1) is 34.7. The highest BCUT2D eigenvalue weighted by atomic mass is 32.1. The van der Waals surface area contributed by atoms with Gasteiger partial charge in [0.05, 0.1) is 30.1 Å². The van der Waals surface area contributed by atoms with Crippen LogP contribution in [-0.2, 0) is 20.4 Å². The van der Waals surface area contributed by atoms with Crippen molar-refractivity contribution in [2.75, 3.05) is 24.6 Å². The second kappa shape index (κ2) is 12.6. The molecule has 0 radical (unpaired) electrons. The highest BCUT2D eigenvalue weighted by molar-refractivity contribution is 7.80. The van der Waals surface area contributed by atoms with E-state index in [2.05, 4.69) is 4.98 Å². The molecule has 0 N–H and O–H groups in total. The van der Waals surface area contributed by atoms with Crippen molar-refractivity contribution in [1.82, 2.24) is 14.8 Å². The molecule has 15 heteroatoms. The van der Waals surface area contributed by atoms with Gasteiger partial charge in [0, 0.05) is 25.1 Å². The van der Waals surface area contributed by atoms with Crippen molar-refractivity contribution in [3.05, 3.63) is 23.5 Å². The fourth-order valence-corrected chi connectivity index (χ4v) is 6.77. The summed E-state index contributed by atoms with van der Waals surface area (Å²) in [6.45, 7) is 7.96. The third-order valence-electron chi connectivity index (χ3n) is 8.50. The van der Waals surface area contributed by atoms with Gasteiger partial charge in [0.1, 0.15) is 17.2 Å². The molecule has 1 unspecified atom stereocenters. The molecule has 0 aromatic carbocycles. The maximum absolute atomic E-state index is 14.9. The van der Waals surface area contributed by atoms with Crippen molar-refractivity contribution in [2.45, 2.75) is 109 Å². The average Bonchev–Trinajstić information content (AvgIpc) is 3.10. The smallest absolute Gasteiger partial charge is 0.419 e. The molecule has 3 fully saturated rings. The van der Waals surface area contributed by atoms with Gasteiger partial charge in [-0.25, -0.2) is 18.6 Å². The molecule has 1 aromatic rings. The predicted octanol–water partition coefficient (Wildman–Crippen LogP) is 6.29. The Kier molecular flexibility index (Phi) is 9.72. The van der Waals surface area contributed by atoms with Crippen LogP contribution >= 0.6 is 12.2 Å². The van der Waals surface area contributed by atoms with E-state index in [1.165, 1.54) is 6.07 Å². The minimum atomic E-state index is -4.85. The maximum Gasteiger partial charge on any atom is 0.419 e. The molecule has 2 aliphatic heterocycles. The number of ether oxygens (including phenoxy) is 2. The lowest BCUT2D eigenvalue weighted by Gasteiger charge is -2.41. The van der Waals surface area contributed by atoms with Gasteiger partial charge in [-0.3, -0.25) is 9.69 Å². The lowest BCUT2D eigenvalue weighted by molar-refractivity contribution is -0.138. The molecule has 9 nitrogen and oxygen atoms in total. The zero-order valence-corrected chi connectivity index (χ0v) is 26.7. The molecule has 1 atom stereocenters. The molecule has 1 aromatic heterocycles. The number of hydrogen-bond acceptors (Lipinski definition) is 7. The molecule has 3 heterocycles. The first-order valence-corrected chi connectivity index (χ1v) is 15.3. The van der Waals surface area contributed by atoms with Crippen LogP contribution in [0, 0.1) is 17.2 Å². The summed E-state index contributed by atoms with van der Waals surface area (Å²) in [4.78, 5) is 33.1. The molecule has 2 amide bonds. The van der Waals surface area contributed by atoms with Gasteiger partial charge in [0.25, 0.3) is 11.8 Å². The van der Waals surface area contributed by atoms with Gasteiger partial charge in [0.2, 0.25) is 0 Å². The molecule has 1 aliphatic carbocycles. The number of halogens is 5. The van der Waals surface area contributed by atoms with E-state index in [1.807, 2.05) is 0 Å². The van der Waals surface area contributed by atoms with Gasteiger partial charge in [-0.1, -0.05) is 0 Å². The SMILES string of the molecule is CC(C)(C)OC(=O)N1CCC(CCOC2CCC(N3C(=S)N(c4cnc(C#N)c(C(F)(F)F)c4)C(=O)C3(C)C)CC2)C(F)(F)C1. The number of likely N-dealkylation sites (tertiary alicyclic amines) is 1. The predicted molar refractivity (Wildman–Crippen MR) is 157 cm³/mol. The Balaban J connectivity index is 1.32. The van der Waals surface area contributed by atoms with E-state index >= 15 is 0 Å². The maximum atomic E-state index is 14.9. The van der Waals surface area contributed by atoms with Crippen molar-refractivity contribution in [2.24, 2.45) is 5.92 Å². The van der Waals surface area contributed by atoms with Crippen molar-refractivity contribution in [1.29, 1.82) is 5.26 Å². The number of nitriles is 1. The van der Waals surface area contributed by atoms with E-state index in [9.17, 15) is 31.5 Å². The van der Waals surface area contributed by atoms with E-state index in [0.717, 1.165) is 16.0 Å². The summed E-state index contributed by atoms with van der Waals surface area (Å²) in [6, 6.07) is 1.94. The number of carbonyl (C=O) groups is 2. The normalized spacial score (nSPS) is 25.4. The summed E-state index contributed by atoms with van der Waals surface area (Å²) in [5.74, 6) is -4.51. The number of thiocarbonyl (C=S) groups is 1. The monoisotopic (exact) mass is 659 g/mol. The number of carbonyl (C=O) groups excluding carboxylic acids is 2. The van der Waals surface area contributed by atoms with E-state index in [0.29, 0.717) is 31.7 Å². The van der Waals surface area contributed by atoms with E-state index in [1.54, 1.807) is 39.5 Å². The van der Waals surface area contributed by atoms with Crippen LogP contribution in [0.4, 0.5) is 32.4 Å². The molecule has 2 saturated heterocycles. The Bertz CT molecular complexity index is 1350. The standard InChI is InChI=1S/C30H38F5N5O4S/c1-27(2,3)44-26(42)38-12-10-18(29(31,32)17-38)11-13-43-21-8-6-19(7-9-21)40-25(45)39(24(41)28(40,4)5)20-14-22(30(33,34)35)23(15-36)37-16-20/h14,16,18-19,21H,6-13,17H2,1-5H3. The van der Waals surface area contributed by atoms with Gasteiger partial charge in [-0.15, -0.1) is 0 Å². The Morgan fingerprint density at radius 1 is 1.16 bits per heavy atom. The third-order valence-corrected chi connectivity index (χ3v) is 8.87. The lowest BCUT2D eigenvalue weighted by Crippen LogP contribution is -2.52. The fraction of sp³-hybridized carbons (Fsp3) is 0.700. The minimum Gasteiger partial charge on any atom is -0.444 e. The second-order valence-corrected chi connectivity index (χ2v) is 13.7. The number of rotatable bonds is 6. The number of nitrogens with zero attached hydrogens (tertiary/aromatic N) is 5. The van der Waals surface area contributed by atoms with Crippen LogP contribution in [0.2, 0.25) is 0 Å². The first-order valence-electron chi connectivity index (χ1n) is 14.9. The number of anilines is 1. The topological polar surface area (TPSA) is 99.0 Å². The largest absolute Gasteiger partial charge is 0.444 e. The molecular weight excluding hydrogens is 621 g/mol. The van der Waals surface area contributed by atoms with Crippen LogP contribution in [-0.4, -0.2) is 80.8 Å². The summed E-state index contributed by atoms with van der Waals surface area (Å²) in [7, 11) is 0. The number of piperidine rings is 1. The zero-order chi connectivity index (χ0) is 33.5. The summed E-state index contributed by atoms with van der Waals surface area (Å²) >= 11 is 5.61. The van der Waals surface area contributed by atoms with Crippen molar-refractivity contribution < 1.29 is 41.0 Å². The number of alkyl halides is 5. The number of amides is 2. The quantitative estimate of drug-likeness (QED) is 0.260. The lowest BCUT2D eigenvalue weighted by atomic mass is 9.88. The number of aromatic nitrogens is 1. The Morgan fingerprint density at radius 2 is 1.80 bits per heavy atom. The molecule has 0 bridgehead atoms. The summed E-state index contributed by atoms with van der Waals surface area (Å²) in [5, 5.41) is 9.12. The second-order valence-electron chi connectivity index (χ2n) is 13.3. The Labute approximate surface area is 264 Å². The van der Waals surface area contributed by atoms with Crippen LogP contribution < -0.4 is 4.90 Å². The van der Waals surface area contributed by atoms with Crippen LogP contribution in [0.5, 0.6) is 0 Å². The highest BCUT2D eigenvalue weighted by Crippen LogP contribution is 2.41. The summed E-state index contributed by atoms with van der Waals surface area (Å²) in [6.07, 6.45) is -2.17. The van der Waals surface area contributed by atoms with Crippen molar-refractivity contribution >= 4 is 35.0 Å². The minimum absolute atomic E-state index is 0.0500. The summed E-state index contributed by atoms with van der Waals surface area (Å²) in [5.41, 5.74) is -4.14. The van der Waals surface area contributed by atoms with E-state index in [4.69, 9.17) is 27.0 Å². The highest BCUT2D eigenvalue weighted by Gasteiger charge is 2.53. The van der Waals surface area contributed by atoms with Gasteiger partial charge in [-0.05, 0) is 91.4 Å². The van der Waals surface area contributed by atoms with Crippen molar-refractivity contribution in [3.63, 3.8) is 0 Å². The van der Waals surface area contributed by atoms with Gasteiger partial charge >= 0.3 is 12.3 Å². The van der Waals surface area contributed by atoms with Gasteiger partial charge in [0.15, 0.2) is 10.8 Å². The van der Waals surface area contributed by atoms with Crippen LogP contribution in [0.1, 0.15) is 84.4 Å². The number of hydrogen-bond donors (Lipinski definition) is 0. The Morgan fingerprint density at radius 3 is 2.36 bits per heavy atom. The molecule has 3 aliphatic rings. The molecule has 4 rings (SSSR count). The third kappa shape index (κ3) is 7.48. The number of pyridine rings is 1. The van der Waals surface area contributed by atoms with Crippen LogP contribution in [0.3, 0.4) is 0 Å². The molecule has 45 heavy (non-hydrogen) atoms. The van der Waals surface area contributed by atoms with E-state index < -0.39 is 59.0 Å². The van der Waals surface area contributed by atoms with Gasteiger partial charge < -0.3 is 19.3 Å². The first-order chi connectivity index (χ1) is 20.8. The van der Waals surface area contributed by atoms with Gasteiger partial charge in [-0.2, -0.15) is 18.4 Å².